The lowest BCUT2D eigenvalue weighted by molar-refractivity contribution is 0.441. The van der Waals surface area contributed by atoms with Crippen molar-refractivity contribution in [2.24, 2.45) is 0 Å². The number of hydrogen-bond donors (Lipinski definition) is 0. The minimum atomic E-state index is -0.466. The van der Waals surface area contributed by atoms with Crippen LogP contribution in [0.15, 0.2) is 48.7 Å². The zero-order chi connectivity index (χ0) is 14.8. The molecule has 0 atom stereocenters. The van der Waals surface area contributed by atoms with E-state index in [4.69, 9.17) is 27.9 Å². The second-order valence-corrected chi connectivity index (χ2v) is 5.08. The molecule has 0 spiro atoms. The number of rotatable bonds is 3. The third-order valence-electron chi connectivity index (χ3n) is 3.08. The largest absolute Gasteiger partial charge is 0.452 e. The number of alkyl halides is 1. The standard InChI is InChI=1S/C16H10Cl2FNO/c17-9-10-3-1-5-13(19)16(10)21-14-7-6-12(18)11-4-2-8-20-15(11)14/h1-8H,9H2. The summed E-state index contributed by atoms with van der Waals surface area (Å²) in [5, 5.41) is 1.32. The highest BCUT2D eigenvalue weighted by atomic mass is 35.5. The lowest BCUT2D eigenvalue weighted by Gasteiger charge is -2.12. The molecular formula is C16H10Cl2FNO. The first-order valence-corrected chi connectivity index (χ1v) is 7.16. The SMILES string of the molecule is Fc1cccc(CCl)c1Oc1ccc(Cl)c2cccnc12. The quantitative estimate of drug-likeness (QED) is 0.589. The number of ether oxygens (including phenoxy) is 1. The van der Waals surface area contributed by atoms with Crippen molar-refractivity contribution in [3.05, 3.63) is 65.1 Å². The molecule has 0 N–H and O–H groups in total. The molecule has 0 radical (unpaired) electrons. The number of hydrogen-bond acceptors (Lipinski definition) is 2. The Kier molecular flexibility index (Phi) is 3.95. The Hall–Kier alpha value is -1.84. The number of fused-ring (bicyclic) bond motifs is 1. The van der Waals surface area contributed by atoms with E-state index >= 15 is 0 Å². The maximum atomic E-state index is 14.0. The van der Waals surface area contributed by atoms with Gasteiger partial charge in [-0.15, -0.1) is 11.6 Å². The normalized spacial score (nSPS) is 10.8. The molecule has 0 bridgehead atoms. The summed E-state index contributed by atoms with van der Waals surface area (Å²) in [6, 6.07) is 11.6. The van der Waals surface area contributed by atoms with Gasteiger partial charge in [-0.2, -0.15) is 0 Å². The highest BCUT2D eigenvalue weighted by molar-refractivity contribution is 6.35. The molecule has 0 aliphatic rings. The Labute approximate surface area is 131 Å². The molecule has 5 heteroatoms. The van der Waals surface area contributed by atoms with Crippen molar-refractivity contribution in [3.8, 4) is 11.5 Å². The predicted octanol–water partition coefficient (Wildman–Crippen LogP) is 5.56. The van der Waals surface area contributed by atoms with Crippen LogP contribution < -0.4 is 4.74 Å². The molecule has 2 aromatic carbocycles. The number of benzene rings is 2. The van der Waals surface area contributed by atoms with Crippen LogP contribution in [0.3, 0.4) is 0 Å². The van der Waals surface area contributed by atoms with Gasteiger partial charge in [0.15, 0.2) is 17.3 Å². The van der Waals surface area contributed by atoms with E-state index in [1.807, 2.05) is 6.07 Å². The van der Waals surface area contributed by atoms with Gasteiger partial charge in [0.25, 0.3) is 0 Å². The third kappa shape index (κ3) is 2.67. The van der Waals surface area contributed by atoms with Crippen LogP contribution in [0.25, 0.3) is 10.9 Å². The highest BCUT2D eigenvalue weighted by Gasteiger charge is 2.13. The molecule has 0 aliphatic carbocycles. The van der Waals surface area contributed by atoms with E-state index in [0.717, 1.165) is 5.39 Å². The molecule has 0 aliphatic heterocycles. The predicted molar refractivity (Wildman–Crippen MR) is 82.8 cm³/mol. The van der Waals surface area contributed by atoms with Gasteiger partial charge >= 0.3 is 0 Å². The first kappa shape index (κ1) is 14.1. The number of para-hydroxylation sites is 1. The average Bonchev–Trinajstić information content (AvgIpc) is 2.52. The summed E-state index contributed by atoms with van der Waals surface area (Å²) in [6.45, 7) is 0. The van der Waals surface area contributed by atoms with Crippen molar-refractivity contribution in [2.75, 3.05) is 0 Å². The van der Waals surface area contributed by atoms with Gasteiger partial charge in [-0.1, -0.05) is 23.7 Å². The number of pyridine rings is 1. The Balaban J connectivity index is 2.13. The van der Waals surface area contributed by atoms with E-state index in [1.54, 1.807) is 36.5 Å². The highest BCUT2D eigenvalue weighted by Crippen LogP contribution is 2.35. The Morgan fingerprint density at radius 3 is 2.76 bits per heavy atom. The Morgan fingerprint density at radius 1 is 1.10 bits per heavy atom. The second kappa shape index (κ2) is 5.88. The van der Waals surface area contributed by atoms with E-state index in [0.29, 0.717) is 21.9 Å². The molecule has 0 fully saturated rings. The summed E-state index contributed by atoms with van der Waals surface area (Å²) < 4.78 is 19.7. The van der Waals surface area contributed by atoms with E-state index in [9.17, 15) is 4.39 Å². The number of halogens is 3. The van der Waals surface area contributed by atoms with Gasteiger partial charge in [-0.05, 0) is 30.3 Å². The maximum absolute atomic E-state index is 14.0. The summed E-state index contributed by atoms with van der Waals surface area (Å²) in [4.78, 5) is 4.26. The molecule has 0 unspecified atom stereocenters. The minimum absolute atomic E-state index is 0.113. The zero-order valence-electron chi connectivity index (χ0n) is 10.8. The molecule has 0 amide bonds. The van der Waals surface area contributed by atoms with Crippen LogP contribution in [0.2, 0.25) is 5.02 Å². The maximum Gasteiger partial charge on any atom is 0.167 e. The van der Waals surface area contributed by atoms with E-state index in [1.165, 1.54) is 6.07 Å². The summed E-state index contributed by atoms with van der Waals surface area (Å²) in [5.74, 6) is 0.242. The van der Waals surface area contributed by atoms with Crippen molar-refractivity contribution in [1.82, 2.24) is 4.98 Å². The first-order chi connectivity index (χ1) is 10.2. The van der Waals surface area contributed by atoms with Crippen molar-refractivity contribution in [2.45, 2.75) is 5.88 Å². The van der Waals surface area contributed by atoms with Crippen LogP contribution in [0.4, 0.5) is 4.39 Å². The van der Waals surface area contributed by atoms with Crippen LogP contribution in [0, 0.1) is 5.82 Å². The fourth-order valence-electron chi connectivity index (χ4n) is 2.08. The van der Waals surface area contributed by atoms with Crippen molar-refractivity contribution < 1.29 is 9.13 Å². The van der Waals surface area contributed by atoms with Gasteiger partial charge in [0.2, 0.25) is 0 Å². The molecular weight excluding hydrogens is 312 g/mol. The van der Waals surface area contributed by atoms with Crippen LogP contribution in [-0.2, 0) is 5.88 Å². The van der Waals surface area contributed by atoms with Gasteiger partial charge in [0.1, 0.15) is 5.52 Å². The van der Waals surface area contributed by atoms with Crippen LogP contribution in [-0.4, -0.2) is 4.98 Å². The summed E-state index contributed by atoms with van der Waals surface area (Å²) in [6.07, 6.45) is 1.63. The third-order valence-corrected chi connectivity index (χ3v) is 3.70. The minimum Gasteiger partial charge on any atom is -0.452 e. The molecule has 0 saturated carbocycles. The number of nitrogens with zero attached hydrogens (tertiary/aromatic N) is 1. The molecule has 0 saturated heterocycles. The monoisotopic (exact) mass is 321 g/mol. The van der Waals surface area contributed by atoms with E-state index in [2.05, 4.69) is 4.98 Å². The van der Waals surface area contributed by atoms with Crippen molar-refractivity contribution in [1.29, 1.82) is 0 Å². The summed E-state index contributed by atoms with van der Waals surface area (Å²) in [7, 11) is 0. The Morgan fingerprint density at radius 2 is 1.95 bits per heavy atom. The molecule has 2 nitrogen and oxygen atoms in total. The molecule has 3 aromatic rings. The van der Waals surface area contributed by atoms with Gasteiger partial charge < -0.3 is 4.74 Å². The average molecular weight is 322 g/mol. The van der Waals surface area contributed by atoms with Crippen LogP contribution in [0.1, 0.15) is 5.56 Å². The van der Waals surface area contributed by atoms with Gasteiger partial charge in [-0.25, -0.2) is 4.39 Å². The second-order valence-electron chi connectivity index (χ2n) is 4.41. The van der Waals surface area contributed by atoms with Crippen LogP contribution in [0.5, 0.6) is 11.5 Å². The lowest BCUT2D eigenvalue weighted by Crippen LogP contribution is -1.95. The topological polar surface area (TPSA) is 22.1 Å². The molecule has 3 rings (SSSR count). The van der Waals surface area contributed by atoms with Crippen molar-refractivity contribution >= 4 is 34.1 Å². The smallest absolute Gasteiger partial charge is 0.167 e. The van der Waals surface area contributed by atoms with Crippen molar-refractivity contribution in [3.63, 3.8) is 0 Å². The van der Waals surface area contributed by atoms with Gasteiger partial charge in [0, 0.05) is 17.1 Å². The Bertz CT molecular complexity index is 807. The van der Waals surface area contributed by atoms with Crippen LogP contribution >= 0.6 is 23.2 Å². The molecule has 21 heavy (non-hydrogen) atoms. The fourth-order valence-corrected chi connectivity index (χ4v) is 2.50. The molecule has 106 valence electrons. The van der Waals surface area contributed by atoms with E-state index in [-0.39, 0.29) is 11.6 Å². The van der Waals surface area contributed by atoms with Gasteiger partial charge in [-0.3, -0.25) is 4.98 Å². The summed E-state index contributed by atoms with van der Waals surface area (Å²) in [5.41, 5.74) is 1.16. The molecule has 1 heterocycles. The van der Waals surface area contributed by atoms with Gasteiger partial charge in [0.05, 0.1) is 10.9 Å². The lowest BCUT2D eigenvalue weighted by atomic mass is 10.2. The summed E-state index contributed by atoms with van der Waals surface area (Å²) >= 11 is 12.0. The number of aromatic nitrogens is 1. The molecule has 1 aromatic heterocycles. The first-order valence-electron chi connectivity index (χ1n) is 6.25. The fraction of sp³-hybridized carbons (Fsp3) is 0.0625. The zero-order valence-corrected chi connectivity index (χ0v) is 12.3. The van der Waals surface area contributed by atoms with E-state index < -0.39 is 5.82 Å².